The first kappa shape index (κ1) is 13.8. The number of hydrogen-bond donors (Lipinski definition) is 1. The van der Waals surface area contributed by atoms with E-state index in [1.807, 2.05) is 24.7 Å². The molecule has 1 aromatic heterocycles. The first-order valence-electron chi connectivity index (χ1n) is 6.69. The molecule has 1 atom stereocenters. The molecule has 2 rings (SSSR count). The van der Waals surface area contributed by atoms with Gasteiger partial charge in [-0.05, 0) is 49.9 Å². The Balaban J connectivity index is 2.03. The third-order valence-corrected chi connectivity index (χ3v) is 3.59. The number of aliphatic hydroxyl groups is 1. The summed E-state index contributed by atoms with van der Waals surface area (Å²) in [6, 6.07) is 8.41. The van der Waals surface area contributed by atoms with E-state index in [2.05, 4.69) is 37.1 Å². The van der Waals surface area contributed by atoms with Crippen LogP contribution in [0.5, 0.6) is 0 Å². The minimum Gasteiger partial charge on any atom is -0.392 e. The van der Waals surface area contributed by atoms with Gasteiger partial charge in [-0.15, -0.1) is 0 Å². The molecule has 1 heterocycles. The second-order valence-electron chi connectivity index (χ2n) is 5.38. The zero-order valence-corrected chi connectivity index (χ0v) is 12.1. The van der Waals surface area contributed by atoms with Crippen molar-refractivity contribution >= 4 is 0 Å². The molecular formula is C16H22N2O. The zero-order valence-electron chi connectivity index (χ0n) is 12.1. The molecule has 0 saturated heterocycles. The molecular weight excluding hydrogens is 236 g/mol. The van der Waals surface area contributed by atoms with Crippen molar-refractivity contribution in [3.63, 3.8) is 0 Å². The summed E-state index contributed by atoms with van der Waals surface area (Å²) in [6.07, 6.45) is 0.965. The molecule has 0 aliphatic heterocycles. The van der Waals surface area contributed by atoms with Gasteiger partial charge in [0.15, 0.2) is 0 Å². The molecule has 0 saturated carbocycles. The monoisotopic (exact) mass is 258 g/mol. The van der Waals surface area contributed by atoms with E-state index in [9.17, 15) is 5.11 Å². The third kappa shape index (κ3) is 3.44. The van der Waals surface area contributed by atoms with Gasteiger partial charge >= 0.3 is 0 Å². The van der Waals surface area contributed by atoms with Gasteiger partial charge in [-0.25, -0.2) is 0 Å². The largest absolute Gasteiger partial charge is 0.392 e. The van der Waals surface area contributed by atoms with Gasteiger partial charge < -0.3 is 5.11 Å². The van der Waals surface area contributed by atoms with Crippen LogP contribution in [0, 0.1) is 20.8 Å². The lowest BCUT2D eigenvalue weighted by molar-refractivity contribution is 0.173. The second kappa shape index (κ2) is 5.57. The van der Waals surface area contributed by atoms with E-state index >= 15 is 0 Å². The highest BCUT2D eigenvalue weighted by Gasteiger charge is 2.11. The highest BCUT2D eigenvalue weighted by atomic mass is 16.3. The standard InChI is InChI=1S/C16H22N2O/c1-11-5-6-14(7-12(11)2)9-16(19)10-15-8-13(3)17-18(15)4/h5-8,16,19H,9-10H2,1-4H3. The van der Waals surface area contributed by atoms with Gasteiger partial charge in [0.1, 0.15) is 0 Å². The number of aryl methyl sites for hydroxylation is 4. The molecule has 0 radical (unpaired) electrons. The van der Waals surface area contributed by atoms with Gasteiger partial charge in [-0.2, -0.15) is 5.10 Å². The van der Waals surface area contributed by atoms with Gasteiger partial charge in [0, 0.05) is 19.2 Å². The lowest BCUT2D eigenvalue weighted by Crippen LogP contribution is -2.16. The minimum absolute atomic E-state index is 0.364. The van der Waals surface area contributed by atoms with Crippen LogP contribution in [0.4, 0.5) is 0 Å². The Kier molecular flexibility index (Phi) is 4.05. The maximum Gasteiger partial charge on any atom is 0.0635 e. The second-order valence-corrected chi connectivity index (χ2v) is 5.38. The summed E-state index contributed by atoms with van der Waals surface area (Å²) in [5.41, 5.74) is 5.83. The summed E-state index contributed by atoms with van der Waals surface area (Å²) in [7, 11) is 1.92. The Labute approximate surface area is 114 Å². The Morgan fingerprint density at radius 1 is 1.11 bits per heavy atom. The van der Waals surface area contributed by atoms with Gasteiger partial charge in [-0.3, -0.25) is 4.68 Å². The van der Waals surface area contributed by atoms with E-state index in [4.69, 9.17) is 0 Å². The van der Waals surface area contributed by atoms with E-state index in [0.717, 1.165) is 11.4 Å². The molecule has 0 fully saturated rings. The number of aliphatic hydroxyl groups excluding tert-OH is 1. The van der Waals surface area contributed by atoms with Crippen LogP contribution in [0.25, 0.3) is 0 Å². The molecule has 0 aliphatic rings. The van der Waals surface area contributed by atoms with Crippen molar-refractivity contribution in [3.8, 4) is 0 Å². The maximum atomic E-state index is 10.2. The summed E-state index contributed by atoms with van der Waals surface area (Å²) in [5.74, 6) is 0. The number of aromatic nitrogens is 2. The number of benzene rings is 1. The first-order valence-corrected chi connectivity index (χ1v) is 6.69. The average molecular weight is 258 g/mol. The molecule has 102 valence electrons. The highest BCUT2D eigenvalue weighted by molar-refractivity contribution is 5.30. The molecule has 0 amide bonds. The van der Waals surface area contributed by atoms with E-state index in [1.54, 1.807) is 0 Å². The van der Waals surface area contributed by atoms with Crippen LogP contribution in [0.1, 0.15) is 28.1 Å². The quantitative estimate of drug-likeness (QED) is 0.915. The molecule has 0 spiro atoms. The minimum atomic E-state index is -0.364. The third-order valence-electron chi connectivity index (χ3n) is 3.59. The van der Waals surface area contributed by atoms with Crippen LogP contribution in [0.2, 0.25) is 0 Å². The van der Waals surface area contributed by atoms with Crippen molar-refractivity contribution in [1.82, 2.24) is 9.78 Å². The number of hydrogen-bond acceptors (Lipinski definition) is 2. The lowest BCUT2D eigenvalue weighted by atomic mass is 10.00. The predicted octanol–water partition coefficient (Wildman–Crippen LogP) is 2.49. The highest BCUT2D eigenvalue weighted by Crippen LogP contribution is 2.14. The van der Waals surface area contributed by atoms with Crippen LogP contribution in [-0.2, 0) is 19.9 Å². The van der Waals surface area contributed by atoms with Gasteiger partial charge in [0.2, 0.25) is 0 Å². The molecule has 3 heteroatoms. The Bertz CT molecular complexity index is 572. The van der Waals surface area contributed by atoms with Crippen molar-refractivity contribution in [3.05, 3.63) is 52.3 Å². The molecule has 0 bridgehead atoms. The molecule has 1 aromatic carbocycles. The molecule has 0 aliphatic carbocycles. The van der Waals surface area contributed by atoms with Crippen molar-refractivity contribution in [2.45, 2.75) is 39.7 Å². The fourth-order valence-corrected chi connectivity index (χ4v) is 2.37. The van der Waals surface area contributed by atoms with E-state index in [-0.39, 0.29) is 6.10 Å². The average Bonchev–Trinajstić information content (AvgIpc) is 2.62. The number of nitrogens with zero attached hydrogens (tertiary/aromatic N) is 2. The van der Waals surface area contributed by atoms with Crippen molar-refractivity contribution < 1.29 is 5.11 Å². The molecule has 3 nitrogen and oxygen atoms in total. The van der Waals surface area contributed by atoms with E-state index in [1.165, 1.54) is 16.7 Å². The summed E-state index contributed by atoms with van der Waals surface area (Å²) < 4.78 is 1.85. The maximum absolute atomic E-state index is 10.2. The van der Waals surface area contributed by atoms with Crippen molar-refractivity contribution in [1.29, 1.82) is 0 Å². The summed E-state index contributed by atoms with van der Waals surface area (Å²) in [6.45, 7) is 6.18. The molecule has 19 heavy (non-hydrogen) atoms. The van der Waals surface area contributed by atoms with Crippen LogP contribution in [-0.4, -0.2) is 21.0 Å². The lowest BCUT2D eigenvalue weighted by Gasteiger charge is -2.12. The SMILES string of the molecule is Cc1cc(CC(O)Cc2ccc(C)c(C)c2)n(C)n1. The Morgan fingerprint density at radius 3 is 2.42 bits per heavy atom. The van der Waals surface area contributed by atoms with Crippen LogP contribution in [0.15, 0.2) is 24.3 Å². The molecule has 1 N–H and O–H groups in total. The Hall–Kier alpha value is -1.61. The summed E-state index contributed by atoms with van der Waals surface area (Å²) in [4.78, 5) is 0. The fourth-order valence-electron chi connectivity index (χ4n) is 2.37. The molecule has 2 aromatic rings. The first-order chi connectivity index (χ1) is 8.95. The van der Waals surface area contributed by atoms with Gasteiger partial charge in [0.25, 0.3) is 0 Å². The van der Waals surface area contributed by atoms with Crippen molar-refractivity contribution in [2.24, 2.45) is 7.05 Å². The summed E-state index contributed by atoms with van der Waals surface area (Å²) in [5, 5.41) is 14.5. The van der Waals surface area contributed by atoms with Gasteiger partial charge in [0.05, 0.1) is 11.8 Å². The van der Waals surface area contributed by atoms with E-state index in [0.29, 0.717) is 12.8 Å². The fraction of sp³-hybridized carbons (Fsp3) is 0.438. The zero-order chi connectivity index (χ0) is 14.0. The smallest absolute Gasteiger partial charge is 0.0635 e. The van der Waals surface area contributed by atoms with Crippen molar-refractivity contribution in [2.75, 3.05) is 0 Å². The topological polar surface area (TPSA) is 38.0 Å². The van der Waals surface area contributed by atoms with Crippen LogP contribution < -0.4 is 0 Å². The predicted molar refractivity (Wildman–Crippen MR) is 77.3 cm³/mol. The van der Waals surface area contributed by atoms with Crippen LogP contribution in [0.3, 0.4) is 0 Å². The molecule has 1 unspecified atom stereocenters. The summed E-state index contributed by atoms with van der Waals surface area (Å²) >= 11 is 0. The Morgan fingerprint density at radius 2 is 1.84 bits per heavy atom. The van der Waals surface area contributed by atoms with E-state index < -0.39 is 0 Å². The normalized spacial score (nSPS) is 12.7. The number of rotatable bonds is 4. The van der Waals surface area contributed by atoms with Gasteiger partial charge in [-0.1, -0.05) is 18.2 Å². The van der Waals surface area contributed by atoms with Crippen LogP contribution >= 0.6 is 0 Å².